The molecule has 0 radical (unpaired) electrons. The first-order chi connectivity index (χ1) is 12.5. The maximum Gasteiger partial charge on any atom is 0.186 e. The van der Waals surface area contributed by atoms with Gasteiger partial charge in [-0.1, -0.05) is 44.7 Å². The molecule has 7 heteroatoms. The van der Waals surface area contributed by atoms with Crippen molar-refractivity contribution >= 4 is 40.0 Å². The second-order valence-corrected chi connectivity index (χ2v) is 8.61. The Balaban J connectivity index is 1.75. The third-order valence-corrected chi connectivity index (χ3v) is 5.91. The number of ketones is 1. The van der Waals surface area contributed by atoms with E-state index in [1.165, 1.54) is 23.1 Å². The van der Waals surface area contributed by atoms with E-state index in [2.05, 4.69) is 24.0 Å². The number of benzene rings is 1. The van der Waals surface area contributed by atoms with Crippen LogP contribution in [0.3, 0.4) is 0 Å². The molecule has 2 aromatic rings. The molecule has 1 fully saturated rings. The molecule has 5 nitrogen and oxygen atoms in total. The number of rotatable bonds is 6. The van der Waals surface area contributed by atoms with Crippen LogP contribution in [0.25, 0.3) is 6.08 Å². The SMILES string of the molecule is CCc1nnc([C@@H]2C(=N)S/C(=C\c3ccc(OCC(C)C)cc3)C2=O)s1. The summed E-state index contributed by atoms with van der Waals surface area (Å²) < 4.78 is 5.68. The molecule has 1 saturated heterocycles. The second-order valence-electron chi connectivity index (χ2n) is 6.43. The molecule has 0 spiro atoms. The molecule has 136 valence electrons. The minimum absolute atomic E-state index is 0.0704. The van der Waals surface area contributed by atoms with Gasteiger partial charge in [0.1, 0.15) is 21.7 Å². The average Bonchev–Trinajstić information content (AvgIpc) is 3.19. The fourth-order valence-corrected chi connectivity index (χ4v) is 4.37. The summed E-state index contributed by atoms with van der Waals surface area (Å²) in [5, 5.41) is 18.2. The summed E-state index contributed by atoms with van der Waals surface area (Å²) in [6.45, 7) is 6.89. The van der Waals surface area contributed by atoms with Crippen molar-refractivity contribution in [1.29, 1.82) is 5.41 Å². The average molecular weight is 388 g/mol. The lowest BCUT2D eigenvalue weighted by Gasteiger charge is -2.08. The number of hydrogen-bond acceptors (Lipinski definition) is 7. The Morgan fingerprint density at radius 1 is 1.27 bits per heavy atom. The van der Waals surface area contributed by atoms with E-state index in [0.717, 1.165) is 22.7 Å². The molecule has 3 rings (SSSR count). The van der Waals surface area contributed by atoms with Gasteiger partial charge in [0.2, 0.25) is 0 Å². The highest BCUT2D eigenvalue weighted by Gasteiger charge is 2.39. The molecular formula is C19H21N3O2S2. The van der Waals surface area contributed by atoms with E-state index in [0.29, 0.717) is 27.5 Å². The van der Waals surface area contributed by atoms with Crippen LogP contribution in [-0.4, -0.2) is 27.6 Å². The van der Waals surface area contributed by atoms with Crippen molar-refractivity contribution in [3.05, 3.63) is 44.7 Å². The van der Waals surface area contributed by atoms with Crippen molar-refractivity contribution in [3.8, 4) is 5.75 Å². The monoisotopic (exact) mass is 387 g/mol. The number of hydrogen-bond donors (Lipinski definition) is 1. The molecule has 0 bridgehead atoms. The Morgan fingerprint density at radius 3 is 2.62 bits per heavy atom. The molecular weight excluding hydrogens is 366 g/mol. The van der Waals surface area contributed by atoms with Gasteiger partial charge in [-0.15, -0.1) is 21.5 Å². The van der Waals surface area contributed by atoms with Gasteiger partial charge in [0.05, 0.1) is 16.6 Å². The van der Waals surface area contributed by atoms with Crippen molar-refractivity contribution in [2.24, 2.45) is 5.92 Å². The fraction of sp³-hybridized carbons (Fsp3) is 0.368. The van der Waals surface area contributed by atoms with Gasteiger partial charge in [-0.25, -0.2) is 0 Å². The lowest BCUT2D eigenvalue weighted by molar-refractivity contribution is -0.114. The lowest BCUT2D eigenvalue weighted by Crippen LogP contribution is -2.11. The Morgan fingerprint density at radius 2 is 2.00 bits per heavy atom. The predicted octanol–water partition coefficient (Wildman–Crippen LogP) is 4.55. The third-order valence-electron chi connectivity index (χ3n) is 3.78. The predicted molar refractivity (Wildman–Crippen MR) is 107 cm³/mol. The summed E-state index contributed by atoms with van der Waals surface area (Å²) in [5.74, 6) is 0.621. The number of allylic oxidation sites excluding steroid dienone is 1. The maximum atomic E-state index is 12.7. The first-order valence-corrected chi connectivity index (χ1v) is 10.2. The topological polar surface area (TPSA) is 75.9 Å². The summed E-state index contributed by atoms with van der Waals surface area (Å²) in [5.41, 5.74) is 0.915. The maximum absolute atomic E-state index is 12.7. The van der Waals surface area contributed by atoms with Gasteiger partial charge < -0.3 is 4.74 Å². The number of aromatic nitrogens is 2. The van der Waals surface area contributed by atoms with Crippen LogP contribution in [-0.2, 0) is 11.2 Å². The molecule has 1 aromatic carbocycles. The number of carbonyl (C=O) groups is 1. The number of nitrogens with zero attached hydrogens (tertiary/aromatic N) is 2. The van der Waals surface area contributed by atoms with Crippen LogP contribution in [0.2, 0.25) is 0 Å². The molecule has 2 heterocycles. The van der Waals surface area contributed by atoms with Crippen molar-refractivity contribution in [3.63, 3.8) is 0 Å². The fourth-order valence-electron chi connectivity index (χ4n) is 2.41. The molecule has 0 aliphatic carbocycles. The standard InChI is InChI=1S/C19H21N3O2S2/c1-4-15-21-22-19(26-15)16-17(23)14(25-18(16)20)9-12-5-7-13(8-6-12)24-10-11(2)3/h5-9,11,16,20H,4,10H2,1-3H3/b14-9-,20-18?/t16-/m0/s1. The molecule has 1 N–H and O–H groups in total. The lowest BCUT2D eigenvalue weighted by atomic mass is 10.1. The van der Waals surface area contributed by atoms with Crippen molar-refractivity contribution in [2.45, 2.75) is 33.1 Å². The number of ether oxygens (including phenoxy) is 1. The molecule has 0 amide bonds. The summed E-state index contributed by atoms with van der Waals surface area (Å²) >= 11 is 2.62. The molecule has 0 unspecified atom stereocenters. The number of Topliss-reactive ketones (excluding diaryl/α,β-unsaturated/α-hetero) is 1. The molecule has 1 aromatic heterocycles. The second kappa shape index (κ2) is 8.14. The van der Waals surface area contributed by atoms with E-state index < -0.39 is 5.92 Å². The summed E-state index contributed by atoms with van der Waals surface area (Å²) in [7, 11) is 0. The Bertz CT molecular complexity index is 841. The zero-order valence-electron chi connectivity index (χ0n) is 15.0. The molecule has 26 heavy (non-hydrogen) atoms. The highest BCUT2D eigenvalue weighted by Crippen LogP contribution is 2.41. The molecule has 1 aliphatic rings. The molecule has 0 saturated carbocycles. The highest BCUT2D eigenvalue weighted by atomic mass is 32.2. The van der Waals surface area contributed by atoms with E-state index in [1.54, 1.807) is 0 Å². The van der Waals surface area contributed by atoms with Crippen LogP contribution in [0.1, 0.15) is 42.3 Å². The number of nitrogens with one attached hydrogen (secondary N) is 1. The summed E-state index contributed by atoms with van der Waals surface area (Å²) in [6, 6.07) is 7.65. The van der Waals surface area contributed by atoms with Crippen LogP contribution < -0.4 is 4.74 Å². The normalized spacial score (nSPS) is 18.9. The zero-order chi connectivity index (χ0) is 18.7. The Hall–Kier alpha value is -1.99. The Kier molecular flexibility index (Phi) is 5.88. The van der Waals surface area contributed by atoms with Gasteiger partial charge in [0, 0.05) is 0 Å². The largest absolute Gasteiger partial charge is 0.493 e. The zero-order valence-corrected chi connectivity index (χ0v) is 16.6. The van der Waals surface area contributed by atoms with Crippen LogP contribution in [0.4, 0.5) is 0 Å². The van der Waals surface area contributed by atoms with Gasteiger partial charge in [-0.2, -0.15) is 0 Å². The van der Waals surface area contributed by atoms with Crippen LogP contribution in [0.5, 0.6) is 5.75 Å². The minimum atomic E-state index is -0.599. The van der Waals surface area contributed by atoms with E-state index in [4.69, 9.17) is 10.1 Å². The van der Waals surface area contributed by atoms with Gasteiger partial charge in [-0.3, -0.25) is 10.2 Å². The van der Waals surface area contributed by atoms with Gasteiger partial charge in [-0.05, 0) is 36.1 Å². The van der Waals surface area contributed by atoms with Gasteiger partial charge in [0.25, 0.3) is 0 Å². The van der Waals surface area contributed by atoms with Crippen LogP contribution in [0, 0.1) is 11.3 Å². The third kappa shape index (κ3) is 4.22. The van der Waals surface area contributed by atoms with Crippen LogP contribution >= 0.6 is 23.1 Å². The van der Waals surface area contributed by atoms with Crippen molar-refractivity contribution in [2.75, 3.05) is 6.61 Å². The van der Waals surface area contributed by atoms with E-state index in [1.807, 2.05) is 37.3 Å². The smallest absolute Gasteiger partial charge is 0.186 e. The van der Waals surface area contributed by atoms with Crippen LogP contribution in [0.15, 0.2) is 29.2 Å². The van der Waals surface area contributed by atoms with Crippen molar-refractivity contribution < 1.29 is 9.53 Å². The van der Waals surface area contributed by atoms with Gasteiger partial charge >= 0.3 is 0 Å². The minimum Gasteiger partial charge on any atom is -0.493 e. The molecule has 1 atom stereocenters. The van der Waals surface area contributed by atoms with E-state index in [-0.39, 0.29) is 5.78 Å². The summed E-state index contributed by atoms with van der Waals surface area (Å²) in [4.78, 5) is 13.3. The number of carbonyl (C=O) groups excluding carboxylic acids is 1. The van der Waals surface area contributed by atoms with Crippen molar-refractivity contribution in [1.82, 2.24) is 10.2 Å². The van der Waals surface area contributed by atoms with Gasteiger partial charge in [0.15, 0.2) is 5.78 Å². The first kappa shape index (κ1) is 18.8. The number of aryl methyl sites for hydroxylation is 1. The Labute approximate surface area is 161 Å². The van der Waals surface area contributed by atoms with E-state index in [9.17, 15) is 4.79 Å². The quantitative estimate of drug-likeness (QED) is 0.736. The van der Waals surface area contributed by atoms with E-state index >= 15 is 0 Å². The number of thioether (sulfide) groups is 1. The summed E-state index contributed by atoms with van der Waals surface area (Å²) in [6.07, 6.45) is 2.61. The molecule has 1 aliphatic heterocycles. The first-order valence-electron chi connectivity index (χ1n) is 8.55. The highest BCUT2D eigenvalue weighted by molar-refractivity contribution is 8.19.